The Morgan fingerprint density at radius 3 is 2.70 bits per heavy atom. The van der Waals surface area contributed by atoms with Crippen LogP contribution in [0.15, 0.2) is 54.2 Å². The number of nitrogens with zero attached hydrogens (tertiary/aromatic N) is 2. The smallest absolute Gasteiger partial charge is 0.266 e. The molecule has 2 heterocycles. The Hall–Kier alpha value is -4.25. The Labute approximate surface area is 172 Å². The van der Waals surface area contributed by atoms with E-state index in [4.69, 9.17) is 14.2 Å². The van der Waals surface area contributed by atoms with E-state index < -0.39 is 5.91 Å². The van der Waals surface area contributed by atoms with E-state index in [1.54, 1.807) is 31.5 Å². The average Bonchev–Trinajstić information content (AvgIpc) is 3.25. The zero-order chi connectivity index (χ0) is 20.9. The lowest BCUT2D eigenvalue weighted by Crippen LogP contribution is -2.17. The van der Waals surface area contributed by atoms with Gasteiger partial charge in [0.1, 0.15) is 30.6 Å². The van der Waals surface area contributed by atoms with Crippen molar-refractivity contribution in [3.63, 3.8) is 0 Å². The molecule has 0 radical (unpaired) electrons. The Bertz CT molecular complexity index is 1140. The van der Waals surface area contributed by atoms with Crippen LogP contribution in [0.1, 0.15) is 5.56 Å². The number of methoxy groups -OCH3 is 1. The van der Waals surface area contributed by atoms with Crippen LogP contribution >= 0.6 is 0 Å². The van der Waals surface area contributed by atoms with E-state index >= 15 is 0 Å². The summed E-state index contributed by atoms with van der Waals surface area (Å²) in [5.41, 5.74) is 2.62. The fourth-order valence-corrected chi connectivity index (χ4v) is 3.02. The van der Waals surface area contributed by atoms with Gasteiger partial charge in [-0.2, -0.15) is 10.4 Å². The van der Waals surface area contributed by atoms with E-state index in [0.29, 0.717) is 41.7 Å². The molecule has 8 nitrogen and oxygen atoms in total. The number of carbonyl (C=O) groups excluding carboxylic acids is 1. The Morgan fingerprint density at radius 1 is 1.20 bits per heavy atom. The van der Waals surface area contributed by atoms with E-state index in [9.17, 15) is 10.1 Å². The number of H-pyrrole nitrogens is 1. The van der Waals surface area contributed by atoms with Crippen molar-refractivity contribution in [3.8, 4) is 34.6 Å². The normalized spacial score (nSPS) is 12.7. The van der Waals surface area contributed by atoms with Gasteiger partial charge in [-0.15, -0.1) is 0 Å². The minimum absolute atomic E-state index is 0.0546. The zero-order valence-electron chi connectivity index (χ0n) is 16.1. The lowest BCUT2D eigenvalue weighted by Gasteiger charge is -2.18. The number of aromatic amines is 1. The van der Waals surface area contributed by atoms with Crippen LogP contribution in [0.25, 0.3) is 17.3 Å². The third kappa shape index (κ3) is 3.95. The van der Waals surface area contributed by atoms with E-state index in [1.165, 1.54) is 6.08 Å². The third-order valence-corrected chi connectivity index (χ3v) is 4.51. The number of nitrogens with one attached hydrogen (secondary N) is 2. The largest absolute Gasteiger partial charge is 0.497 e. The fourth-order valence-electron chi connectivity index (χ4n) is 3.02. The topological polar surface area (TPSA) is 109 Å². The van der Waals surface area contributed by atoms with Crippen LogP contribution in [0.4, 0.5) is 5.69 Å². The van der Waals surface area contributed by atoms with E-state index in [0.717, 1.165) is 11.3 Å². The van der Waals surface area contributed by atoms with Crippen LogP contribution in [0.2, 0.25) is 0 Å². The maximum atomic E-state index is 12.6. The molecular formula is C22H18N4O4. The first kappa shape index (κ1) is 19.1. The number of carbonyl (C=O) groups is 1. The number of aromatic nitrogens is 2. The number of hydrogen-bond donors (Lipinski definition) is 2. The van der Waals surface area contributed by atoms with Crippen LogP contribution in [0.5, 0.6) is 17.2 Å². The number of ether oxygens (including phenoxy) is 3. The quantitative estimate of drug-likeness (QED) is 0.500. The molecule has 1 aliphatic heterocycles. The van der Waals surface area contributed by atoms with Gasteiger partial charge in [0.2, 0.25) is 0 Å². The highest BCUT2D eigenvalue weighted by molar-refractivity contribution is 6.10. The summed E-state index contributed by atoms with van der Waals surface area (Å²) >= 11 is 0. The minimum Gasteiger partial charge on any atom is -0.497 e. The molecule has 0 unspecified atom stereocenters. The van der Waals surface area contributed by atoms with Gasteiger partial charge in [-0.05, 0) is 42.5 Å². The molecule has 0 aliphatic carbocycles. The number of rotatable bonds is 5. The second kappa shape index (κ2) is 8.41. The predicted octanol–water partition coefficient (Wildman–Crippen LogP) is 3.40. The minimum atomic E-state index is -0.531. The van der Waals surface area contributed by atoms with Crippen LogP contribution in [-0.2, 0) is 4.79 Å². The van der Waals surface area contributed by atoms with Crippen molar-refractivity contribution in [1.82, 2.24) is 10.2 Å². The van der Waals surface area contributed by atoms with Crippen molar-refractivity contribution in [3.05, 3.63) is 59.8 Å². The highest BCUT2D eigenvalue weighted by atomic mass is 16.6. The molecule has 30 heavy (non-hydrogen) atoms. The van der Waals surface area contributed by atoms with Crippen molar-refractivity contribution >= 4 is 17.7 Å². The van der Waals surface area contributed by atoms with Crippen molar-refractivity contribution in [1.29, 1.82) is 5.26 Å². The molecule has 0 saturated heterocycles. The number of nitriles is 1. The highest BCUT2D eigenvalue weighted by Crippen LogP contribution is 2.33. The molecule has 1 aliphatic rings. The predicted molar refractivity (Wildman–Crippen MR) is 110 cm³/mol. The van der Waals surface area contributed by atoms with E-state index in [-0.39, 0.29) is 5.57 Å². The summed E-state index contributed by atoms with van der Waals surface area (Å²) in [6.45, 7) is 0.934. The molecule has 4 rings (SSSR count). The summed E-state index contributed by atoms with van der Waals surface area (Å²) in [4.78, 5) is 12.6. The number of benzene rings is 2. The van der Waals surface area contributed by atoms with Crippen LogP contribution in [-0.4, -0.2) is 36.4 Å². The van der Waals surface area contributed by atoms with Crippen LogP contribution < -0.4 is 19.5 Å². The van der Waals surface area contributed by atoms with Crippen molar-refractivity contribution in [2.24, 2.45) is 0 Å². The van der Waals surface area contributed by atoms with Crippen LogP contribution in [0, 0.1) is 11.3 Å². The fraction of sp³-hybridized carbons (Fsp3) is 0.136. The molecule has 0 bridgehead atoms. The number of anilines is 1. The van der Waals surface area contributed by atoms with Gasteiger partial charge in [-0.1, -0.05) is 0 Å². The van der Waals surface area contributed by atoms with Crippen molar-refractivity contribution in [2.75, 3.05) is 25.6 Å². The second-order valence-electron chi connectivity index (χ2n) is 6.41. The van der Waals surface area contributed by atoms with Gasteiger partial charge < -0.3 is 19.5 Å². The highest BCUT2D eigenvalue weighted by Gasteiger charge is 2.16. The van der Waals surface area contributed by atoms with Gasteiger partial charge in [0.05, 0.1) is 19.0 Å². The van der Waals surface area contributed by atoms with E-state index in [2.05, 4.69) is 15.5 Å². The summed E-state index contributed by atoms with van der Waals surface area (Å²) in [7, 11) is 1.60. The van der Waals surface area contributed by atoms with Gasteiger partial charge >= 0.3 is 0 Å². The van der Waals surface area contributed by atoms with Gasteiger partial charge in [0.25, 0.3) is 5.91 Å². The van der Waals surface area contributed by atoms with Gasteiger partial charge in [-0.25, -0.2) is 0 Å². The SMILES string of the molecule is COc1ccc(-c2[nH]ncc2/C=C(\C#N)C(=O)Nc2ccc3c(c2)OCCO3)cc1. The van der Waals surface area contributed by atoms with Crippen molar-refractivity contribution < 1.29 is 19.0 Å². The molecule has 0 atom stereocenters. The molecule has 1 aromatic heterocycles. The monoisotopic (exact) mass is 402 g/mol. The Balaban J connectivity index is 1.56. The molecule has 0 saturated carbocycles. The lowest BCUT2D eigenvalue weighted by atomic mass is 10.1. The second-order valence-corrected chi connectivity index (χ2v) is 6.41. The molecule has 2 N–H and O–H groups in total. The number of fused-ring (bicyclic) bond motifs is 1. The summed E-state index contributed by atoms with van der Waals surface area (Å²) in [5.74, 6) is 1.37. The first-order valence-electron chi connectivity index (χ1n) is 9.18. The third-order valence-electron chi connectivity index (χ3n) is 4.51. The Kier molecular flexibility index (Phi) is 5.35. The van der Waals surface area contributed by atoms with E-state index in [1.807, 2.05) is 30.3 Å². The van der Waals surface area contributed by atoms with Gasteiger partial charge in [0, 0.05) is 22.9 Å². The van der Waals surface area contributed by atoms with Crippen LogP contribution in [0.3, 0.4) is 0 Å². The summed E-state index contributed by atoms with van der Waals surface area (Å²) < 4.78 is 16.2. The summed E-state index contributed by atoms with van der Waals surface area (Å²) in [6.07, 6.45) is 3.06. The maximum Gasteiger partial charge on any atom is 0.266 e. The first-order valence-corrected chi connectivity index (χ1v) is 9.18. The standard InChI is InChI=1S/C22H18N4O4/c1-28-18-5-2-14(3-6-18)21-16(13-24-26-21)10-15(12-23)22(27)25-17-4-7-19-20(11-17)30-9-8-29-19/h2-7,10-11,13H,8-9H2,1H3,(H,24,26)(H,25,27)/b15-10+. The lowest BCUT2D eigenvalue weighted by molar-refractivity contribution is -0.112. The zero-order valence-corrected chi connectivity index (χ0v) is 16.1. The average molecular weight is 402 g/mol. The summed E-state index contributed by atoms with van der Waals surface area (Å²) in [6, 6.07) is 14.4. The number of amides is 1. The first-order chi connectivity index (χ1) is 14.7. The molecule has 0 fully saturated rings. The molecule has 2 aromatic carbocycles. The van der Waals surface area contributed by atoms with Gasteiger partial charge in [0.15, 0.2) is 11.5 Å². The molecular weight excluding hydrogens is 384 g/mol. The molecule has 1 amide bonds. The summed E-state index contributed by atoms with van der Waals surface area (Å²) in [5, 5.41) is 19.2. The number of hydrogen-bond acceptors (Lipinski definition) is 6. The molecule has 3 aromatic rings. The molecule has 8 heteroatoms. The van der Waals surface area contributed by atoms with Crippen molar-refractivity contribution in [2.45, 2.75) is 0 Å². The molecule has 0 spiro atoms. The van der Waals surface area contributed by atoms with Gasteiger partial charge in [-0.3, -0.25) is 9.89 Å². The molecule has 150 valence electrons. The Morgan fingerprint density at radius 2 is 1.97 bits per heavy atom. The maximum absolute atomic E-state index is 12.6.